The van der Waals surface area contributed by atoms with E-state index in [1.54, 1.807) is 30.5 Å². The maximum absolute atomic E-state index is 12.3. The normalized spacial score (nSPS) is 11.6. The molecule has 0 saturated carbocycles. The minimum Gasteiger partial charge on any atom is -0.464 e. The van der Waals surface area contributed by atoms with E-state index in [2.05, 4.69) is 12.2 Å². The molecule has 0 saturated heterocycles. The summed E-state index contributed by atoms with van der Waals surface area (Å²) in [5, 5.41) is 12.5. The number of rotatable bonds is 6. The second-order valence-electron chi connectivity index (χ2n) is 6.40. The topological polar surface area (TPSA) is 92.3 Å². The van der Waals surface area contributed by atoms with E-state index in [-0.39, 0.29) is 6.42 Å². The molecule has 0 unspecified atom stereocenters. The molecule has 6 nitrogen and oxygen atoms in total. The summed E-state index contributed by atoms with van der Waals surface area (Å²) in [5.41, 5.74) is 3.31. The predicted molar refractivity (Wildman–Crippen MR) is 105 cm³/mol. The molecule has 1 atom stereocenters. The van der Waals surface area contributed by atoms with Gasteiger partial charge >= 0.3 is 5.97 Å². The SMILES string of the molecule is CCc1ccc2c(CC(=O)O[C@@H](C)C(=O)Nc3ccccc3C#N)coc2c1. The Morgan fingerprint density at radius 1 is 1.25 bits per heavy atom. The third-order valence-corrected chi connectivity index (χ3v) is 4.45. The maximum Gasteiger partial charge on any atom is 0.311 e. The van der Waals surface area contributed by atoms with Crippen molar-refractivity contribution in [2.45, 2.75) is 32.8 Å². The summed E-state index contributed by atoms with van der Waals surface area (Å²) < 4.78 is 10.8. The van der Waals surface area contributed by atoms with E-state index < -0.39 is 18.0 Å². The van der Waals surface area contributed by atoms with Crippen molar-refractivity contribution < 1.29 is 18.7 Å². The molecular weight excluding hydrogens is 356 g/mol. The number of benzene rings is 2. The van der Waals surface area contributed by atoms with Crippen LogP contribution < -0.4 is 5.32 Å². The average molecular weight is 376 g/mol. The van der Waals surface area contributed by atoms with Crippen molar-refractivity contribution in [1.29, 1.82) is 5.26 Å². The van der Waals surface area contributed by atoms with Gasteiger partial charge in [-0.05, 0) is 37.1 Å². The van der Waals surface area contributed by atoms with Gasteiger partial charge in [0.1, 0.15) is 11.7 Å². The molecule has 2 aromatic carbocycles. The molecule has 0 aliphatic carbocycles. The first-order valence-corrected chi connectivity index (χ1v) is 9.00. The molecule has 3 aromatic rings. The number of carbonyl (C=O) groups excluding carboxylic acids is 2. The summed E-state index contributed by atoms with van der Waals surface area (Å²) >= 11 is 0. The monoisotopic (exact) mass is 376 g/mol. The van der Waals surface area contributed by atoms with E-state index in [0.717, 1.165) is 23.0 Å². The summed E-state index contributed by atoms with van der Waals surface area (Å²) in [6.45, 7) is 3.55. The van der Waals surface area contributed by atoms with E-state index >= 15 is 0 Å². The number of nitrogens with one attached hydrogen (secondary N) is 1. The number of aryl methyl sites for hydroxylation is 1. The Kier molecular flexibility index (Phi) is 5.75. The Morgan fingerprint density at radius 3 is 2.79 bits per heavy atom. The molecule has 28 heavy (non-hydrogen) atoms. The van der Waals surface area contributed by atoms with Crippen LogP contribution in [0.5, 0.6) is 0 Å². The van der Waals surface area contributed by atoms with E-state index in [1.165, 1.54) is 6.92 Å². The van der Waals surface area contributed by atoms with Crippen molar-refractivity contribution in [3.05, 3.63) is 65.4 Å². The number of hydrogen-bond donors (Lipinski definition) is 1. The lowest BCUT2D eigenvalue weighted by atomic mass is 10.1. The van der Waals surface area contributed by atoms with Crippen LogP contribution in [0.25, 0.3) is 11.0 Å². The average Bonchev–Trinajstić information content (AvgIpc) is 3.09. The molecule has 0 aliphatic heterocycles. The number of furan rings is 1. The van der Waals surface area contributed by atoms with Crippen molar-refractivity contribution in [3.63, 3.8) is 0 Å². The third-order valence-electron chi connectivity index (χ3n) is 4.45. The van der Waals surface area contributed by atoms with Crippen LogP contribution in [0, 0.1) is 11.3 Å². The standard InChI is InChI=1S/C22H20N2O4/c1-3-15-8-9-18-17(13-27-20(18)10-15)11-21(25)28-14(2)22(26)24-19-7-5-4-6-16(19)12-23/h4-10,13-14H,3,11H2,1-2H3,(H,24,26)/t14-/m0/s1. The predicted octanol–water partition coefficient (Wildman–Crippen LogP) is 3.98. The third kappa shape index (κ3) is 4.21. The van der Waals surface area contributed by atoms with Crippen molar-refractivity contribution >= 4 is 28.5 Å². The molecule has 1 heterocycles. The molecule has 1 aromatic heterocycles. The lowest BCUT2D eigenvalue weighted by Gasteiger charge is -2.14. The molecule has 0 spiro atoms. The van der Waals surface area contributed by atoms with Crippen molar-refractivity contribution in [2.75, 3.05) is 5.32 Å². The number of esters is 1. The zero-order chi connectivity index (χ0) is 20.1. The van der Waals surface area contributed by atoms with Crippen LogP contribution in [0.1, 0.15) is 30.5 Å². The van der Waals surface area contributed by atoms with Gasteiger partial charge in [0.05, 0.1) is 23.9 Å². The lowest BCUT2D eigenvalue weighted by Crippen LogP contribution is -2.30. The van der Waals surface area contributed by atoms with Crippen molar-refractivity contribution in [1.82, 2.24) is 0 Å². The number of ether oxygens (including phenoxy) is 1. The Labute approximate surface area is 162 Å². The number of para-hydroxylation sites is 1. The van der Waals surface area contributed by atoms with Gasteiger partial charge in [-0.25, -0.2) is 0 Å². The Bertz CT molecular complexity index is 1060. The van der Waals surface area contributed by atoms with E-state index in [4.69, 9.17) is 14.4 Å². The summed E-state index contributed by atoms with van der Waals surface area (Å²) in [4.78, 5) is 24.6. The number of nitriles is 1. The Morgan fingerprint density at radius 2 is 2.04 bits per heavy atom. The summed E-state index contributed by atoms with van der Waals surface area (Å²) in [6, 6.07) is 14.5. The Hall–Kier alpha value is -3.59. The first-order valence-electron chi connectivity index (χ1n) is 9.00. The smallest absolute Gasteiger partial charge is 0.311 e. The van der Waals surface area contributed by atoms with Crippen LogP contribution in [0.4, 0.5) is 5.69 Å². The summed E-state index contributed by atoms with van der Waals surface area (Å²) in [7, 11) is 0. The largest absolute Gasteiger partial charge is 0.464 e. The minimum absolute atomic E-state index is 0.00484. The van der Waals surface area contributed by atoms with Gasteiger partial charge in [0, 0.05) is 10.9 Å². The van der Waals surface area contributed by atoms with Crippen LogP contribution in [0.2, 0.25) is 0 Å². The minimum atomic E-state index is -0.996. The van der Waals surface area contributed by atoms with Gasteiger partial charge < -0.3 is 14.5 Å². The van der Waals surface area contributed by atoms with E-state index in [9.17, 15) is 9.59 Å². The molecule has 6 heteroatoms. The number of fused-ring (bicyclic) bond motifs is 1. The highest BCUT2D eigenvalue weighted by Gasteiger charge is 2.20. The number of anilines is 1. The second-order valence-corrected chi connectivity index (χ2v) is 6.40. The highest BCUT2D eigenvalue weighted by Crippen LogP contribution is 2.23. The van der Waals surface area contributed by atoms with Crippen LogP contribution >= 0.6 is 0 Å². The van der Waals surface area contributed by atoms with Gasteiger partial charge in [0.25, 0.3) is 5.91 Å². The first kappa shape index (κ1) is 19.2. The van der Waals surface area contributed by atoms with Crippen LogP contribution in [-0.2, 0) is 27.2 Å². The number of carbonyl (C=O) groups is 2. The molecule has 1 amide bonds. The van der Waals surface area contributed by atoms with Crippen molar-refractivity contribution in [3.8, 4) is 6.07 Å². The van der Waals surface area contributed by atoms with Gasteiger partial charge in [-0.15, -0.1) is 0 Å². The molecule has 0 aliphatic rings. The number of amides is 1. The zero-order valence-electron chi connectivity index (χ0n) is 15.7. The van der Waals surface area contributed by atoms with Crippen molar-refractivity contribution in [2.24, 2.45) is 0 Å². The summed E-state index contributed by atoms with van der Waals surface area (Å²) in [5.74, 6) is -1.03. The van der Waals surface area contributed by atoms with Gasteiger partial charge in [-0.2, -0.15) is 5.26 Å². The fraction of sp³-hybridized carbons (Fsp3) is 0.227. The molecule has 3 rings (SSSR count). The molecule has 1 N–H and O–H groups in total. The van der Waals surface area contributed by atoms with Crippen LogP contribution in [0.3, 0.4) is 0 Å². The fourth-order valence-electron chi connectivity index (χ4n) is 2.86. The second kappa shape index (κ2) is 8.40. The van der Waals surface area contributed by atoms with Gasteiger partial charge in [0.15, 0.2) is 6.10 Å². The summed E-state index contributed by atoms with van der Waals surface area (Å²) in [6.07, 6.45) is 1.45. The fourth-order valence-corrected chi connectivity index (χ4v) is 2.86. The van der Waals surface area contributed by atoms with Crippen LogP contribution in [0.15, 0.2) is 53.1 Å². The maximum atomic E-state index is 12.3. The lowest BCUT2D eigenvalue weighted by molar-refractivity contribution is -0.152. The molecule has 142 valence electrons. The van der Waals surface area contributed by atoms with E-state index in [0.29, 0.717) is 16.8 Å². The van der Waals surface area contributed by atoms with Gasteiger partial charge in [-0.1, -0.05) is 31.2 Å². The van der Waals surface area contributed by atoms with Gasteiger partial charge in [-0.3, -0.25) is 9.59 Å². The molecule has 0 radical (unpaired) electrons. The molecule has 0 fully saturated rings. The highest BCUT2D eigenvalue weighted by atomic mass is 16.5. The van der Waals surface area contributed by atoms with Gasteiger partial charge in [0.2, 0.25) is 0 Å². The first-order chi connectivity index (χ1) is 13.5. The quantitative estimate of drug-likeness (QED) is 0.657. The number of nitrogens with zero attached hydrogens (tertiary/aromatic N) is 1. The Balaban J connectivity index is 1.63. The van der Waals surface area contributed by atoms with E-state index in [1.807, 2.05) is 24.3 Å². The molecule has 0 bridgehead atoms. The zero-order valence-corrected chi connectivity index (χ0v) is 15.7. The van der Waals surface area contributed by atoms with Crippen LogP contribution in [-0.4, -0.2) is 18.0 Å². The molecular formula is C22H20N2O4. The number of hydrogen-bond acceptors (Lipinski definition) is 5. The highest BCUT2D eigenvalue weighted by molar-refractivity contribution is 5.96.